The number of carboxylic acid groups (broad SMARTS) is 1. The molecule has 3 rings (SSSR count). The van der Waals surface area contributed by atoms with Crippen LogP contribution in [0.15, 0.2) is 60.7 Å². The lowest BCUT2D eigenvalue weighted by Gasteiger charge is -2.24. The lowest BCUT2D eigenvalue weighted by Crippen LogP contribution is -2.48. The Morgan fingerprint density at radius 1 is 0.604 bits per heavy atom. The van der Waals surface area contributed by atoms with E-state index in [1.165, 1.54) is 50.6 Å². The molecule has 0 spiro atoms. The molecular weight excluding hydrogens is 638 g/mol. The smallest absolute Gasteiger partial charge is 0.349 e. The average Bonchev–Trinajstić information content (AvgIpc) is 3.05. The van der Waals surface area contributed by atoms with Crippen molar-refractivity contribution in [2.75, 3.05) is 26.6 Å². The molecule has 0 bridgehead atoms. The Hall–Kier alpha value is -6.45. The van der Waals surface area contributed by atoms with Crippen LogP contribution in [0.1, 0.15) is 44.9 Å². The third-order valence-corrected chi connectivity index (χ3v) is 6.10. The van der Waals surface area contributed by atoms with Gasteiger partial charge in [0.05, 0.1) is 38.0 Å². The predicted octanol–water partition coefficient (Wildman–Crippen LogP) is 2.82. The largest absolute Gasteiger partial charge is 0.493 e. The van der Waals surface area contributed by atoms with Gasteiger partial charge >= 0.3 is 35.8 Å². The third kappa shape index (κ3) is 9.29. The fourth-order valence-corrected chi connectivity index (χ4v) is 3.98. The quantitative estimate of drug-likeness (QED) is 0.152. The van der Waals surface area contributed by atoms with E-state index in [0.29, 0.717) is 0 Å². The van der Waals surface area contributed by atoms with Crippen molar-refractivity contribution in [3.63, 3.8) is 0 Å². The van der Waals surface area contributed by atoms with Crippen LogP contribution < -0.4 is 24.3 Å². The molecule has 3 aromatic carbocycles. The number of esters is 5. The summed E-state index contributed by atoms with van der Waals surface area (Å²) in [6, 6.07) is 12.2. The van der Waals surface area contributed by atoms with Crippen LogP contribution in [0.25, 0.3) is 0 Å². The lowest BCUT2D eigenvalue weighted by atomic mass is 10.1. The van der Waals surface area contributed by atoms with Gasteiger partial charge in [0, 0.05) is 19.5 Å². The summed E-state index contributed by atoms with van der Waals surface area (Å²) in [6.45, 7) is 2.28. The number of benzene rings is 3. The van der Waals surface area contributed by atoms with Crippen LogP contribution in [-0.4, -0.2) is 80.4 Å². The fraction of sp³-hybridized carbons (Fsp3) is 0.219. The highest BCUT2D eigenvalue weighted by molar-refractivity contribution is 6.02. The van der Waals surface area contributed by atoms with E-state index in [1.807, 2.05) is 0 Å². The number of ether oxygens (including phenoxy) is 7. The highest BCUT2D eigenvalue weighted by Gasteiger charge is 2.41. The maximum Gasteiger partial charge on any atom is 0.349 e. The van der Waals surface area contributed by atoms with E-state index in [4.69, 9.17) is 28.4 Å². The average molecular weight is 668 g/mol. The summed E-state index contributed by atoms with van der Waals surface area (Å²) in [5.41, 5.74) is -0.556. The summed E-state index contributed by atoms with van der Waals surface area (Å²) >= 11 is 0. The molecule has 0 unspecified atom stereocenters. The Balaban J connectivity index is 2.00. The monoisotopic (exact) mass is 667 g/mol. The van der Waals surface area contributed by atoms with Gasteiger partial charge in [0.25, 0.3) is 5.91 Å². The number of rotatable bonds is 13. The molecule has 0 aromatic heterocycles. The number of hydrogen-bond acceptors (Lipinski definition) is 14. The summed E-state index contributed by atoms with van der Waals surface area (Å²) in [6.07, 6.45) is -4.77. The van der Waals surface area contributed by atoms with Crippen molar-refractivity contribution < 1.29 is 71.8 Å². The Kier molecular flexibility index (Phi) is 12.2. The first-order chi connectivity index (χ1) is 22.8. The molecule has 252 valence electrons. The van der Waals surface area contributed by atoms with Crippen molar-refractivity contribution in [2.24, 2.45) is 0 Å². The van der Waals surface area contributed by atoms with Crippen molar-refractivity contribution in [1.29, 1.82) is 0 Å². The molecular formula is C32H29NO15. The summed E-state index contributed by atoms with van der Waals surface area (Å²) in [4.78, 5) is 87.2. The van der Waals surface area contributed by atoms with Gasteiger partial charge in [0.1, 0.15) is 0 Å². The van der Waals surface area contributed by atoms with E-state index < -0.39 is 53.9 Å². The van der Waals surface area contributed by atoms with Gasteiger partial charge < -0.3 is 43.6 Å². The number of carbonyl (C=O) groups excluding carboxylic acids is 6. The minimum atomic E-state index is -2.44. The second-order valence-corrected chi connectivity index (χ2v) is 9.47. The highest BCUT2D eigenvalue weighted by Crippen LogP contribution is 2.30. The summed E-state index contributed by atoms with van der Waals surface area (Å²) < 4.78 is 35.4. The van der Waals surface area contributed by atoms with Crippen molar-refractivity contribution in [3.05, 3.63) is 77.4 Å². The van der Waals surface area contributed by atoms with E-state index in [1.54, 1.807) is 0 Å². The molecule has 0 heterocycles. The van der Waals surface area contributed by atoms with Crippen LogP contribution >= 0.6 is 0 Å². The molecule has 0 aliphatic rings. The summed E-state index contributed by atoms with van der Waals surface area (Å²) in [5.74, 6) is -8.06. The summed E-state index contributed by atoms with van der Waals surface area (Å²) in [5, 5.41) is 12.4. The van der Waals surface area contributed by atoms with Crippen molar-refractivity contribution in [1.82, 2.24) is 0 Å². The van der Waals surface area contributed by atoms with Crippen molar-refractivity contribution in [2.45, 2.75) is 26.1 Å². The van der Waals surface area contributed by atoms with Crippen LogP contribution in [-0.2, 0) is 33.4 Å². The number of aliphatic carboxylic acids is 1. The van der Waals surface area contributed by atoms with Crippen molar-refractivity contribution in [3.8, 4) is 23.0 Å². The molecule has 48 heavy (non-hydrogen) atoms. The Bertz CT molecular complexity index is 1750. The van der Waals surface area contributed by atoms with E-state index in [9.17, 15) is 38.7 Å². The Morgan fingerprint density at radius 2 is 1.08 bits per heavy atom. The topological polar surface area (TPSA) is 216 Å². The molecule has 3 aromatic rings. The van der Waals surface area contributed by atoms with Crippen molar-refractivity contribution >= 4 is 47.4 Å². The lowest BCUT2D eigenvalue weighted by molar-refractivity contribution is -0.157. The molecule has 0 saturated heterocycles. The first-order valence-electron chi connectivity index (χ1n) is 13.6. The second kappa shape index (κ2) is 16.2. The molecule has 0 aliphatic heterocycles. The van der Waals surface area contributed by atoms with Gasteiger partial charge in [-0.25, -0.2) is 19.2 Å². The van der Waals surface area contributed by atoms with Gasteiger partial charge in [-0.3, -0.25) is 14.4 Å². The van der Waals surface area contributed by atoms with Gasteiger partial charge in [-0.1, -0.05) is 6.07 Å². The minimum absolute atomic E-state index is 0.0242. The number of methoxy groups -OCH3 is 3. The van der Waals surface area contributed by atoms with Gasteiger partial charge in [-0.2, -0.15) is 0 Å². The zero-order valence-corrected chi connectivity index (χ0v) is 26.1. The Morgan fingerprint density at radius 3 is 1.52 bits per heavy atom. The van der Waals surface area contributed by atoms with E-state index in [-0.39, 0.29) is 45.4 Å². The number of carbonyl (C=O) groups is 7. The molecule has 0 aliphatic carbocycles. The van der Waals surface area contributed by atoms with Gasteiger partial charge in [0.2, 0.25) is 12.2 Å². The standard InChI is InChI=1S/C32H29NO15/c1-16(34)45-22-11-9-19(14-24(22)42-3)31(40)47-26(28(36)33-21-8-6-7-18(13-21)30(39)44-5)27(29(37)38)48-32(41)20-10-12-23(46-17(2)35)25(15-20)43-4/h6-15,26-27H,1-5H3,(H,33,36)(H,37,38)/t26-,27+/m1/s1. The number of carboxylic acids is 1. The first-order valence-corrected chi connectivity index (χ1v) is 13.6. The third-order valence-electron chi connectivity index (χ3n) is 6.10. The van der Waals surface area contributed by atoms with Gasteiger partial charge in [0.15, 0.2) is 23.0 Å². The molecule has 0 saturated carbocycles. The number of hydrogen-bond donors (Lipinski definition) is 2. The van der Waals surface area contributed by atoms with Crippen LogP contribution in [0.3, 0.4) is 0 Å². The predicted molar refractivity (Wildman–Crippen MR) is 161 cm³/mol. The molecule has 2 N–H and O–H groups in total. The zero-order chi connectivity index (χ0) is 35.5. The highest BCUT2D eigenvalue weighted by atomic mass is 16.6. The number of anilines is 1. The maximum atomic E-state index is 13.5. The number of nitrogens with one attached hydrogen (secondary N) is 1. The normalized spacial score (nSPS) is 11.5. The van der Waals surface area contributed by atoms with E-state index in [0.717, 1.165) is 45.2 Å². The van der Waals surface area contributed by atoms with Crippen LogP contribution in [0.4, 0.5) is 5.69 Å². The van der Waals surface area contributed by atoms with E-state index in [2.05, 4.69) is 10.1 Å². The van der Waals surface area contributed by atoms with Gasteiger partial charge in [-0.05, 0) is 54.6 Å². The van der Waals surface area contributed by atoms with Crippen LogP contribution in [0, 0.1) is 0 Å². The minimum Gasteiger partial charge on any atom is -0.493 e. The Labute approximate surface area is 272 Å². The summed E-state index contributed by atoms with van der Waals surface area (Å²) in [7, 11) is 3.59. The zero-order valence-electron chi connectivity index (χ0n) is 26.1. The van der Waals surface area contributed by atoms with E-state index >= 15 is 0 Å². The number of amides is 1. The molecule has 16 nitrogen and oxygen atoms in total. The molecule has 2 atom stereocenters. The van der Waals surface area contributed by atoms with Crippen LogP contribution in [0.2, 0.25) is 0 Å². The SMILES string of the molecule is COC(=O)c1cccc(NC(=O)[C@H](OC(=O)c2ccc(OC(C)=O)c(OC)c2)[C@H](OC(=O)c2ccc(OC(C)=O)c(OC)c2)C(=O)O)c1. The second-order valence-electron chi connectivity index (χ2n) is 9.47. The van der Waals surface area contributed by atoms with Crippen LogP contribution in [0.5, 0.6) is 23.0 Å². The molecule has 0 fully saturated rings. The molecule has 1 amide bonds. The maximum absolute atomic E-state index is 13.5. The molecule has 16 heteroatoms. The van der Waals surface area contributed by atoms with Gasteiger partial charge in [-0.15, -0.1) is 0 Å². The fourth-order valence-electron chi connectivity index (χ4n) is 3.98. The first kappa shape index (κ1) is 36.0. The molecule has 0 radical (unpaired) electrons.